The molecule has 0 aliphatic carbocycles. The Morgan fingerprint density at radius 1 is 1.19 bits per heavy atom. The molecule has 1 aromatic heterocycles. The Hall–Kier alpha value is -2.83. The van der Waals surface area contributed by atoms with E-state index < -0.39 is 0 Å². The van der Waals surface area contributed by atoms with Crippen molar-refractivity contribution in [2.45, 2.75) is 11.3 Å². The number of carbonyl (C=O) groups is 1. The lowest BCUT2D eigenvalue weighted by molar-refractivity contribution is -0.660. The van der Waals surface area contributed by atoms with Crippen molar-refractivity contribution >= 4 is 35.3 Å². The van der Waals surface area contributed by atoms with Crippen molar-refractivity contribution in [3.8, 4) is 11.1 Å². The van der Waals surface area contributed by atoms with Gasteiger partial charge in [0.2, 0.25) is 5.91 Å². The summed E-state index contributed by atoms with van der Waals surface area (Å²) in [5.74, 6) is 0.501. The van der Waals surface area contributed by atoms with Crippen LogP contribution in [0.1, 0.15) is 6.42 Å². The van der Waals surface area contributed by atoms with Crippen LogP contribution in [-0.4, -0.2) is 26.2 Å². The fourth-order valence-electron chi connectivity index (χ4n) is 2.09. The SMILES string of the molecule is N#CSc1ccc(NC(=O)CCSn2c[n+](-c3ccccc3)nn2)cc1. The first kappa shape index (κ1) is 18.0. The van der Waals surface area contributed by atoms with E-state index in [0.717, 1.165) is 22.3 Å². The van der Waals surface area contributed by atoms with Gasteiger partial charge in [-0.3, -0.25) is 4.79 Å². The van der Waals surface area contributed by atoms with Crippen LogP contribution >= 0.6 is 23.7 Å². The van der Waals surface area contributed by atoms with Crippen molar-refractivity contribution in [1.29, 1.82) is 5.26 Å². The third-order valence-electron chi connectivity index (χ3n) is 3.31. The first-order chi connectivity index (χ1) is 12.7. The predicted octanol–water partition coefficient (Wildman–Crippen LogP) is 2.65. The number of nitrogens with zero attached hydrogens (tertiary/aromatic N) is 5. The Kier molecular flexibility index (Phi) is 6.24. The highest BCUT2D eigenvalue weighted by molar-refractivity contribution is 8.03. The van der Waals surface area contributed by atoms with E-state index in [1.807, 2.05) is 35.7 Å². The quantitative estimate of drug-likeness (QED) is 0.383. The Bertz CT molecular complexity index is 905. The van der Waals surface area contributed by atoms with Crippen LogP contribution in [0.4, 0.5) is 5.69 Å². The predicted molar refractivity (Wildman–Crippen MR) is 101 cm³/mol. The summed E-state index contributed by atoms with van der Waals surface area (Å²) in [5.41, 5.74) is 1.64. The van der Waals surface area contributed by atoms with E-state index in [1.54, 1.807) is 39.4 Å². The third-order valence-corrected chi connectivity index (χ3v) is 4.73. The molecule has 0 unspecified atom stereocenters. The normalized spacial score (nSPS) is 10.3. The molecule has 130 valence electrons. The van der Waals surface area contributed by atoms with Gasteiger partial charge in [0.1, 0.15) is 16.3 Å². The zero-order valence-corrected chi connectivity index (χ0v) is 15.3. The molecule has 0 aliphatic rings. The number of nitriles is 1. The van der Waals surface area contributed by atoms with Crippen molar-refractivity contribution < 1.29 is 9.48 Å². The van der Waals surface area contributed by atoms with E-state index in [-0.39, 0.29) is 5.91 Å². The topological polar surface area (TPSA) is 87.5 Å². The van der Waals surface area contributed by atoms with Crippen molar-refractivity contribution in [3.05, 3.63) is 60.9 Å². The summed E-state index contributed by atoms with van der Waals surface area (Å²) < 4.78 is 3.31. The van der Waals surface area contributed by atoms with Crippen molar-refractivity contribution in [2.24, 2.45) is 0 Å². The van der Waals surface area contributed by atoms with Gasteiger partial charge in [0.05, 0.1) is 11.9 Å². The van der Waals surface area contributed by atoms with Crippen LogP contribution in [0, 0.1) is 10.7 Å². The summed E-state index contributed by atoms with van der Waals surface area (Å²) in [6, 6.07) is 16.9. The van der Waals surface area contributed by atoms with Gasteiger partial charge in [-0.15, -0.1) is 4.68 Å². The summed E-state index contributed by atoms with van der Waals surface area (Å²) in [5, 5.41) is 21.6. The first-order valence-electron chi connectivity index (χ1n) is 7.73. The molecule has 2 aromatic carbocycles. The second kappa shape index (κ2) is 9.03. The van der Waals surface area contributed by atoms with Gasteiger partial charge < -0.3 is 5.32 Å². The number of thiocyanates is 1. The molecular weight excluding hydrogens is 368 g/mol. The molecule has 1 N–H and O–H groups in total. The molecule has 26 heavy (non-hydrogen) atoms. The molecule has 0 saturated carbocycles. The second-order valence-electron chi connectivity index (χ2n) is 5.13. The van der Waals surface area contributed by atoms with Crippen LogP contribution in [0.3, 0.4) is 0 Å². The zero-order valence-electron chi connectivity index (χ0n) is 13.6. The number of benzene rings is 2. The molecule has 9 heteroatoms. The standard InChI is InChI=1S/C17H14N6OS2/c18-12-25-16-8-6-14(7-9-16)19-17(24)10-11-26-23-13-22(20-21-23)15-4-2-1-3-5-15/h1-9,13H,10-11H2/p+1. The number of anilines is 1. The van der Waals surface area contributed by atoms with Crippen molar-refractivity contribution in [2.75, 3.05) is 11.1 Å². The number of amides is 1. The highest BCUT2D eigenvalue weighted by atomic mass is 32.2. The van der Waals surface area contributed by atoms with Crippen molar-refractivity contribution in [1.82, 2.24) is 14.5 Å². The van der Waals surface area contributed by atoms with E-state index in [1.165, 1.54) is 11.9 Å². The number of thioether (sulfide) groups is 1. The fraction of sp³-hybridized carbons (Fsp3) is 0.118. The van der Waals surface area contributed by atoms with E-state index >= 15 is 0 Å². The number of carbonyl (C=O) groups excluding carboxylic acids is 1. The first-order valence-corrected chi connectivity index (χ1v) is 9.49. The van der Waals surface area contributed by atoms with Gasteiger partial charge in [0, 0.05) is 22.8 Å². The van der Waals surface area contributed by atoms with E-state index in [4.69, 9.17) is 5.26 Å². The molecule has 0 bridgehead atoms. The largest absolute Gasteiger partial charge is 0.326 e. The van der Waals surface area contributed by atoms with Gasteiger partial charge in [0.25, 0.3) is 6.33 Å². The Morgan fingerprint density at radius 3 is 2.69 bits per heavy atom. The lowest BCUT2D eigenvalue weighted by Gasteiger charge is -2.04. The molecule has 0 saturated heterocycles. The van der Waals surface area contributed by atoms with E-state index in [0.29, 0.717) is 17.9 Å². The van der Waals surface area contributed by atoms with Crippen LogP contribution in [0.2, 0.25) is 0 Å². The average Bonchev–Trinajstić information content (AvgIpc) is 3.13. The maximum atomic E-state index is 12.0. The molecule has 0 aliphatic heterocycles. The minimum atomic E-state index is -0.0748. The van der Waals surface area contributed by atoms with Gasteiger partial charge in [0.15, 0.2) is 5.21 Å². The summed E-state index contributed by atoms with van der Waals surface area (Å²) >= 11 is 2.49. The van der Waals surface area contributed by atoms with Gasteiger partial charge >= 0.3 is 0 Å². The highest BCUT2D eigenvalue weighted by Gasteiger charge is 2.11. The Balaban J connectivity index is 1.45. The summed E-state index contributed by atoms with van der Waals surface area (Å²) in [4.78, 5) is 12.9. The van der Waals surface area contributed by atoms with E-state index in [9.17, 15) is 4.79 Å². The third kappa shape index (κ3) is 5.08. The van der Waals surface area contributed by atoms with Crippen LogP contribution in [-0.2, 0) is 4.79 Å². The second-order valence-corrected chi connectivity index (χ2v) is 7.02. The molecule has 0 radical (unpaired) electrons. The monoisotopic (exact) mass is 383 g/mol. The summed E-state index contributed by atoms with van der Waals surface area (Å²) in [7, 11) is 0. The molecule has 1 heterocycles. The van der Waals surface area contributed by atoms with Crippen LogP contribution in [0.15, 0.2) is 65.8 Å². The zero-order chi connectivity index (χ0) is 18.2. The Labute approximate surface area is 159 Å². The van der Waals surface area contributed by atoms with Crippen LogP contribution in [0.5, 0.6) is 0 Å². The number of hydrogen-bond donors (Lipinski definition) is 1. The number of hydrogen-bond acceptors (Lipinski definition) is 6. The molecule has 1 amide bonds. The number of rotatable bonds is 7. The number of aromatic nitrogens is 4. The molecular formula is C17H15N6OS2+. The van der Waals surface area contributed by atoms with Crippen LogP contribution < -0.4 is 10.00 Å². The minimum Gasteiger partial charge on any atom is -0.326 e. The van der Waals surface area contributed by atoms with Gasteiger partial charge in [-0.1, -0.05) is 18.2 Å². The van der Waals surface area contributed by atoms with Gasteiger partial charge in [-0.25, -0.2) is 0 Å². The maximum Gasteiger partial charge on any atom is 0.263 e. The number of nitrogens with one attached hydrogen (secondary N) is 1. The van der Waals surface area contributed by atoms with Gasteiger partial charge in [-0.05, 0) is 52.2 Å². The molecule has 0 fully saturated rings. The lowest BCUT2D eigenvalue weighted by Crippen LogP contribution is -2.31. The smallest absolute Gasteiger partial charge is 0.263 e. The van der Waals surface area contributed by atoms with E-state index in [2.05, 4.69) is 15.7 Å². The summed E-state index contributed by atoms with van der Waals surface area (Å²) in [6.45, 7) is 0. The summed E-state index contributed by atoms with van der Waals surface area (Å²) in [6.07, 6.45) is 2.12. The maximum absolute atomic E-state index is 12.0. The molecule has 3 rings (SSSR count). The number of tetrazole rings is 1. The van der Waals surface area contributed by atoms with Crippen LogP contribution in [0.25, 0.3) is 5.69 Å². The van der Waals surface area contributed by atoms with Crippen molar-refractivity contribution in [3.63, 3.8) is 0 Å². The fourth-order valence-corrected chi connectivity index (χ4v) is 3.18. The molecule has 0 atom stereocenters. The molecule has 7 nitrogen and oxygen atoms in total. The molecule has 3 aromatic rings. The highest BCUT2D eigenvalue weighted by Crippen LogP contribution is 2.19. The number of para-hydroxylation sites is 1. The minimum absolute atomic E-state index is 0.0748. The molecule has 0 spiro atoms. The Morgan fingerprint density at radius 2 is 1.96 bits per heavy atom. The van der Waals surface area contributed by atoms with Gasteiger partial charge in [-0.2, -0.15) is 5.26 Å². The average molecular weight is 383 g/mol. The lowest BCUT2D eigenvalue weighted by atomic mass is 10.3.